The Labute approximate surface area is 269 Å². The number of rotatable bonds is 11. The predicted molar refractivity (Wildman–Crippen MR) is 168 cm³/mol. The fourth-order valence-electron chi connectivity index (χ4n) is 6.96. The highest BCUT2D eigenvalue weighted by molar-refractivity contribution is 7.88. The molecule has 2 N–H and O–H groups in total. The summed E-state index contributed by atoms with van der Waals surface area (Å²) in [6.45, 7) is 4.77. The van der Waals surface area contributed by atoms with Crippen molar-refractivity contribution in [2.24, 2.45) is 0 Å². The van der Waals surface area contributed by atoms with Crippen molar-refractivity contribution in [2.45, 2.75) is 70.1 Å². The molecule has 1 aromatic carbocycles. The fourth-order valence-corrected chi connectivity index (χ4v) is 7.75. The number of nitrogens with one attached hydrogen (secondary N) is 1. The number of carbonyl (C=O) groups excluding carboxylic acids is 1. The van der Waals surface area contributed by atoms with Crippen molar-refractivity contribution < 1.29 is 31.5 Å². The molecule has 5 rings (SSSR count). The Bertz CT molecular complexity index is 1480. The molecule has 3 aliphatic rings. The van der Waals surface area contributed by atoms with Crippen LogP contribution in [0.1, 0.15) is 48.1 Å². The van der Waals surface area contributed by atoms with Crippen LogP contribution >= 0.6 is 0 Å². The third-order valence-electron chi connectivity index (χ3n) is 9.25. The Balaban J connectivity index is 1.38. The molecular formula is C31H46F3N7O4S. The van der Waals surface area contributed by atoms with E-state index in [1.165, 1.54) is 42.4 Å². The molecule has 0 spiro atoms. The summed E-state index contributed by atoms with van der Waals surface area (Å²) in [5.41, 5.74) is 1.15. The van der Waals surface area contributed by atoms with E-state index in [-0.39, 0.29) is 38.3 Å². The second-order valence-corrected chi connectivity index (χ2v) is 15.1. The van der Waals surface area contributed by atoms with Crippen LogP contribution in [0.4, 0.5) is 13.2 Å². The van der Waals surface area contributed by atoms with Crippen LogP contribution < -0.4 is 5.32 Å². The Morgan fingerprint density at radius 3 is 2.43 bits per heavy atom. The first-order valence-electron chi connectivity index (χ1n) is 16.0. The fraction of sp³-hybridized carbons (Fsp3) is 0.677. The number of aliphatic hydroxyl groups excluding tert-OH is 1. The lowest BCUT2D eigenvalue weighted by molar-refractivity contribution is -0.138. The molecule has 0 radical (unpaired) electrons. The van der Waals surface area contributed by atoms with Gasteiger partial charge in [-0.1, -0.05) is 6.07 Å². The van der Waals surface area contributed by atoms with Crippen LogP contribution in [-0.4, -0.2) is 127 Å². The summed E-state index contributed by atoms with van der Waals surface area (Å²) < 4.78 is 69.9. The summed E-state index contributed by atoms with van der Waals surface area (Å²) in [6.07, 6.45) is 0.781. The van der Waals surface area contributed by atoms with Gasteiger partial charge < -0.3 is 25.1 Å². The zero-order valence-electron chi connectivity index (χ0n) is 26.9. The molecule has 1 atom stereocenters. The molecule has 256 valence electrons. The number of aromatic nitrogens is 2. The van der Waals surface area contributed by atoms with Gasteiger partial charge in [0, 0.05) is 55.5 Å². The van der Waals surface area contributed by atoms with E-state index in [4.69, 9.17) is 5.10 Å². The molecule has 1 aromatic heterocycles. The van der Waals surface area contributed by atoms with E-state index in [1.54, 1.807) is 23.7 Å². The number of likely N-dealkylation sites (tertiary alicyclic amines) is 2. The van der Waals surface area contributed by atoms with Crippen molar-refractivity contribution in [3.63, 3.8) is 0 Å². The number of aliphatic hydroxyl groups is 1. The van der Waals surface area contributed by atoms with E-state index in [1.807, 2.05) is 0 Å². The van der Waals surface area contributed by atoms with Gasteiger partial charge in [0.25, 0.3) is 0 Å². The number of alkyl halides is 3. The quantitative estimate of drug-likeness (QED) is 0.374. The van der Waals surface area contributed by atoms with Crippen LogP contribution in [0.25, 0.3) is 11.3 Å². The number of carbonyl (C=O) groups is 1. The number of nitrogens with zero attached hydrogens (tertiary/aromatic N) is 6. The zero-order valence-corrected chi connectivity index (χ0v) is 27.7. The molecule has 4 heterocycles. The standard InChI is InChI=1S/C31H46F3N7O4S/c1-37(2)21-29(43)35-17-23-16-22(6-7-27(23)31(32,33)34)30-26-20-40(46(3,44)45)15-10-28(26)41(36-30)19-25(42)18-38-13-8-24(9-14-38)39-11-4-5-12-39/h6-7,16,24-25,42H,4-5,8-15,17-21H2,1-3H3,(H,35,43). The number of hydrogen-bond acceptors (Lipinski definition) is 8. The van der Waals surface area contributed by atoms with E-state index in [2.05, 4.69) is 15.1 Å². The number of β-amino-alcohol motifs (C(OH)–C–C–N with tert-alkyl or cyclic N) is 1. The highest BCUT2D eigenvalue weighted by atomic mass is 32.2. The number of fused-ring (bicyclic) bond motifs is 1. The van der Waals surface area contributed by atoms with Crippen LogP contribution in [0.5, 0.6) is 0 Å². The van der Waals surface area contributed by atoms with Crippen LogP contribution in [-0.2, 0) is 47.0 Å². The number of halogens is 3. The number of hydrogen-bond donors (Lipinski definition) is 2. The minimum Gasteiger partial charge on any atom is -0.390 e. The zero-order chi connectivity index (χ0) is 33.2. The summed E-state index contributed by atoms with van der Waals surface area (Å²) in [7, 11) is -0.158. The van der Waals surface area contributed by atoms with Crippen LogP contribution in [0.3, 0.4) is 0 Å². The van der Waals surface area contributed by atoms with Crippen LogP contribution in [0.15, 0.2) is 18.2 Å². The third kappa shape index (κ3) is 8.47. The predicted octanol–water partition coefficient (Wildman–Crippen LogP) is 1.99. The molecule has 1 unspecified atom stereocenters. The average Bonchev–Trinajstić information content (AvgIpc) is 3.64. The SMILES string of the molecule is CN(C)CC(=O)NCc1cc(-c2nn(CC(O)CN3CCC(N4CCCC4)CC3)c3c2CN(S(C)(=O)=O)CC3)ccc1C(F)(F)F. The maximum absolute atomic E-state index is 14.0. The average molecular weight is 670 g/mol. The number of amides is 1. The van der Waals surface area contributed by atoms with Crippen molar-refractivity contribution in [3.05, 3.63) is 40.6 Å². The van der Waals surface area contributed by atoms with Gasteiger partial charge in [0.1, 0.15) is 0 Å². The van der Waals surface area contributed by atoms with Gasteiger partial charge in [-0.15, -0.1) is 0 Å². The molecule has 0 saturated carbocycles. The topological polar surface area (TPSA) is 114 Å². The third-order valence-corrected chi connectivity index (χ3v) is 10.5. The maximum atomic E-state index is 14.0. The molecule has 3 aliphatic heterocycles. The minimum absolute atomic E-state index is 0.0268. The lowest BCUT2D eigenvalue weighted by atomic mass is 9.97. The highest BCUT2D eigenvalue weighted by Gasteiger charge is 2.35. The normalized spacial score (nSPS) is 19.9. The molecule has 0 bridgehead atoms. The lowest BCUT2D eigenvalue weighted by Crippen LogP contribution is -2.46. The second-order valence-electron chi connectivity index (χ2n) is 13.1. The summed E-state index contributed by atoms with van der Waals surface area (Å²) in [5.74, 6) is -0.414. The van der Waals surface area contributed by atoms with Gasteiger partial charge in [0.2, 0.25) is 15.9 Å². The number of sulfonamides is 1. The molecule has 0 aliphatic carbocycles. The van der Waals surface area contributed by atoms with E-state index in [9.17, 15) is 31.5 Å². The lowest BCUT2D eigenvalue weighted by Gasteiger charge is -2.37. The Kier molecular flexibility index (Phi) is 10.8. The Hall–Kier alpha value is -2.56. The van der Waals surface area contributed by atoms with Gasteiger partial charge in [-0.25, -0.2) is 8.42 Å². The van der Waals surface area contributed by atoms with Gasteiger partial charge >= 0.3 is 6.18 Å². The largest absolute Gasteiger partial charge is 0.416 e. The first-order chi connectivity index (χ1) is 21.7. The molecule has 2 aromatic rings. The van der Waals surface area contributed by atoms with Gasteiger partial charge in [-0.2, -0.15) is 22.6 Å². The maximum Gasteiger partial charge on any atom is 0.416 e. The molecule has 15 heteroatoms. The van der Waals surface area contributed by atoms with Crippen molar-refractivity contribution in [2.75, 3.05) is 66.2 Å². The smallest absolute Gasteiger partial charge is 0.390 e. The molecular weight excluding hydrogens is 623 g/mol. The number of likely N-dealkylation sites (N-methyl/N-ethyl adjacent to an activating group) is 1. The summed E-state index contributed by atoms with van der Waals surface area (Å²) in [4.78, 5) is 18.7. The first-order valence-corrected chi connectivity index (χ1v) is 17.8. The molecule has 2 fully saturated rings. The summed E-state index contributed by atoms with van der Waals surface area (Å²) in [5, 5.41) is 18.5. The van der Waals surface area contributed by atoms with Crippen molar-refractivity contribution in [1.82, 2.24) is 34.1 Å². The summed E-state index contributed by atoms with van der Waals surface area (Å²) in [6, 6.07) is 4.28. The van der Waals surface area contributed by atoms with Gasteiger partial charge in [-0.05, 0) is 83.7 Å². The second kappa shape index (κ2) is 14.3. The van der Waals surface area contributed by atoms with E-state index in [0.717, 1.165) is 43.9 Å². The molecule has 2 saturated heterocycles. The van der Waals surface area contributed by atoms with E-state index < -0.39 is 33.8 Å². The van der Waals surface area contributed by atoms with Gasteiger partial charge in [-0.3, -0.25) is 9.48 Å². The number of piperidine rings is 1. The van der Waals surface area contributed by atoms with Crippen LogP contribution in [0, 0.1) is 0 Å². The van der Waals surface area contributed by atoms with Crippen molar-refractivity contribution >= 4 is 15.9 Å². The van der Waals surface area contributed by atoms with E-state index in [0.29, 0.717) is 35.8 Å². The Morgan fingerprint density at radius 2 is 1.80 bits per heavy atom. The summed E-state index contributed by atoms with van der Waals surface area (Å²) >= 11 is 0. The minimum atomic E-state index is -4.64. The first kappa shape index (κ1) is 34.8. The molecule has 1 amide bonds. The molecule has 46 heavy (non-hydrogen) atoms. The van der Waals surface area contributed by atoms with E-state index >= 15 is 0 Å². The monoisotopic (exact) mass is 669 g/mol. The highest BCUT2D eigenvalue weighted by Crippen LogP contribution is 2.37. The van der Waals surface area contributed by atoms with Crippen molar-refractivity contribution in [1.29, 1.82) is 0 Å². The van der Waals surface area contributed by atoms with Crippen molar-refractivity contribution in [3.8, 4) is 11.3 Å². The molecule has 11 nitrogen and oxygen atoms in total. The van der Waals surface area contributed by atoms with Crippen LogP contribution in [0.2, 0.25) is 0 Å². The van der Waals surface area contributed by atoms with Gasteiger partial charge in [0.15, 0.2) is 0 Å². The Morgan fingerprint density at radius 1 is 1.11 bits per heavy atom. The van der Waals surface area contributed by atoms with Gasteiger partial charge in [0.05, 0.1) is 36.7 Å². The number of benzene rings is 1.